The Kier molecular flexibility index (Phi) is 6.43. The molecule has 1 saturated heterocycles. The summed E-state index contributed by atoms with van der Waals surface area (Å²) in [5.41, 5.74) is 1.50. The van der Waals surface area contributed by atoms with E-state index in [4.69, 9.17) is 9.47 Å². The van der Waals surface area contributed by atoms with Crippen molar-refractivity contribution in [2.45, 2.75) is 13.5 Å². The maximum absolute atomic E-state index is 13.3. The molecule has 2 aromatic carbocycles. The van der Waals surface area contributed by atoms with Crippen molar-refractivity contribution < 1.29 is 18.7 Å². The van der Waals surface area contributed by atoms with Crippen LogP contribution in [0.3, 0.4) is 0 Å². The van der Waals surface area contributed by atoms with E-state index in [1.165, 1.54) is 23.9 Å². The molecule has 1 heterocycles. The van der Waals surface area contributed by atoms with Gasteiger partial charge >= 0.3 is 0 Å². The summed E-state index contributed by atoms with van der Waals surface area (Å²) in [5.74, 6) is 1.11. The number of hydrogen-bond donors (Lipinski definition) is 1. The van der Waals surface area contributed by atoms with Crippen molar-refractivity contribution in [1.82, 2.24) is 5.32 Å². The fourth-order valence-electron chi connectivity index (χ4n) is 2.31. The van der Waals surface area contributed by atoms with Gasteiger partial charge in [0.25, 0.3) is 0 Å². The highest BCUT2D eigenvalue weighted by Gasteiger charge is 2.16. The highest BCUT2D eigenvalue weighted by molar-refractivity contribution is 8.15. The van der Waals surface area contributed by atoms with Crippen LogP contribution in [-0.4, -0.2) is 29.6 Å². The molecule has 140 valence electrons. The number of rotatable bonds is 7. The van der Waals surface area contributed by atoms with Crippen molar-refractivity contribution in [1.29, 1.82) is 0 Å². The summed E-state index contributed by atoms with van der Waals surface area (Å²) >= 11 is 1.31. The van der Waals surface area contributed by atoms with Gasteiger partial charge in [-0.05, 0) is 48.4 Å². The van der Waals surface area contributed by atoms with Crippen LogP contribution in [0.2, 0.25) is 0 Å². The number of carbonyl (C=O) groups is 1. The average Bonchev–Trinajstić information content (AvgIpc) is 3.06. The van der Waals surface area contributed by atoms with E-state index in [9.17, 15) is 9.18 Å². The molecule has 0 unspecified atom stereocenters. The lowest BCUT2D eigenvalue weighted by Crippen LogP contribution is -2.19. The predicted octanol–water partition coefficient (Wildman–Crippen LogP) is 3.36. The van der Waals surface area contributed by atoms with Crippen LogP contribution in [0.5, 0.6) is 11.5 Å². The number of benzene rings is 2. The molecule has 1 amide bonds. The Morgan fingerprint density at radius 2 is 2.11 bits per heavy atom. The summed E-state index contributed by atoms with van der Waals surface area (Å²) in [5, 5.41) is 11.0. The second-order valence-electron chi connectivity index (χ2n) is 5.54. The minimum Gasteiger partial charge on any atom is -0.490 e. The van der Waals surface area contributed by atoms with Gasteiger partial charge in [0.15, 0.2) is 16.7 Å². The first-order valence-electron chi connectivity index (χ1n) is 8.32. The van der Waals surface area contributed by atoms with Gasteiger partial charge in [0.05, 0.1) is 18.6 Å². The molecule has 0 atom stereocenters. The number of nitrogens with one attached hydrogen (secondary N) is 1. The maximum atomic E-state index is 13.3. The Hall–Kier alpha value is -2.87. The topological polar surface area (TPSA) is 72.3 Å². The molecule has 1 aliphatic rings. The number of ether oxygens (including phenoxy) is 2. The smallest absolute Gasteiger partial charge is 0.236 e. The summed E-state index contributed by atoms with van der Waals surface area (Å²) in [7, 11) is 0. The Labute approximate surface area is 160 Å². The van der Waals surface area contributed by atoms with Crippen LogP contribution in [0, 0.1) is 5.82 Å². The molecular weight excluding hydrogens is 369 g/mol. The molecule has 1 aliphatic heterocycles. The van der Waals surface area contributed by atoms with Crippen LogP contribution in [0.15, 0.2) is 52.7 Å². The molecule has 8 heteroatoms. The standard InChI is InChI=1S/C19H18FN3O3S/c1-2-25-17-9-13(10-21-23-19-22-18(24)12-27-19)6-7-16(17)26-11-14-4-3-5-15(20)8-14/h3-10H,2,11-12H2,1H3,(H,22,23,24). The summed E-state index contributed by atoms with van der Waals surface area (Å²) < 4.78 is 24.7. The van der Waals surface area contributed by atoms with Crippen molar-refractivity contribution in [2.75, 3.05) is 12.4 Å². The summed E-state index contributed by atoms with van der Waals surface area (Å²) in [6, 6.07) is 11.6. The highest BCUT2D eigenvalue weighted by atomic mass is 32.2. The fourth-order valence-corrected chi connectivity index (χ4v) is 2.94. The molecule has 0 aromatic heterocycles. The molecule has 0 saturated carbocycles. The Morgan fingerprint density at radius 3 is 2.85 bits per heavy atom. The number of halogens is 1. The summed E-state index contributed by atoms with van der Waals surface area (Å²) in [6.07, 6.45) is 1.57. The lowest BCUT2D eigenvalue weighted by molar-refractivity contribution is -0.116. The van der Waals surface area contributed by atoms with E-state index in [0.717, 1.165) is 11.1 Å². The third-order valence-corrected chi connectivity index (χ3v) is 4.36. The zero-order chi connectivity index (χ0) is 19.1. The van der Waals surface area contributed by atoms with E-state index in [0.29, 0.717) is 29.0 Å². The van der Waals surface area contributed by atoms with Crippen LogP contribution in [0.1, 0.15) is 18.1 Å². The number of carbonyl (C=O) groups excluding carboxylic acids is 1. The molecule has 6 nitrogen and oxygen atoms in total. The quantitative estimate of drug-likeness (QED) is 0.584. The normalized spacial score (nSPS) is 15.3. The monoisotopic (exact) mass is 387 g/mol. The second-order valence-corrected chi connectivity index (χ2v) is 6.51. The first kappa shape index (κ1) is 18.9. The van der Waals surface area contributed by atoms with Crippen LogP contribution in [-0.2, 0) is 11.4 Å². The third kappa shape index (κ3) is 5.55. The van der Waals surface area contributed by atoms with E-state index in [1.807, 2.05) is 13.0 Å². The second kappa shape index (κ2) is 9.18. The summed E-state index contributed by atoms with van der Waals surface area (Å²) in [6.45, 7) is 2.58. The zero-order valence-electron chi connectivity index (χ0n) is 14.6. The molecule has 0 spiro atoms. The van der Waals surface area contributed by atoms with Gasteiger partial charge in [-0.25, -0.2) is 4.39 Å². The minimum atomic E-state index is -0.300. The first-order chi connectivity index (χ1) is 13.1. The van der Waals surface area contributed by atoms with Crippen molar-refractivity contribution in [2.24, 2.45) is 10.2 Å². The van der Waals surface area contributed by atoms with Crippen molar-refractivity contribution in [3.05, 3.63) is 59.4 Å². The van der Waals surface area contributed by atoms with Crippen molar-refractivity contribution >= 4 is 29.1 Å². The minimum absolute atomic E-state index is 0.0765. The highest BCUT2D eigenvalue weighted by Crippen LogP contribution is 2.29. The van der Waals surface area contributed by atoms with Crippen molar-refractivity contribution in [3.63, 3.8) is 0 Å². The van der Waals surface area contributed by atoms with E-state index in [1.54, 1.807) is 30.5 Å². The van der Waals surface area contributed by atoms with E-state index >= 15 is 0 Å². The Bertz CT molecular complexity index is 886. The lowest BCUT2D eigenvalue weighted by atomic mass is 10.2. The number of amidine groups is 1. The van der Waals surface area contributed by atoms with Gasteiger partial charge in [-0.3, -0.25) is 4.79 Å². The third-order valence-electron chi connectivity index (χ3n) is 3.49. The van der Waals surface area contributed by atoms with Crippen LogP contribution in [0.25, 0.3) is 0 Å². The zero-order valence-corrected chi connectivity index (χ0v) is 15.5. The molecule has 27 heavy (non-hydrogen) atoms. The molecule has 3 rings (SSSR count). The van der Waals surface area contributed by atoms with Gasteiger partial charge in [-0.1, -0.05) is 23.9 Å². The molecule has 1 fully saturated rings. The lowest BCUT2D eigenvalue weighted by Gasteiger charge is -2.12. The van der Waals surface area contributed by atoms with Gasteiger partial charge in [0, 0.05) is 0 Å². The van der Waals surface area contributed by atoms with E-state index < -0.39 is 0 Å². The molecule has 0 radical (unpaired) electrons. The Morgan fingerprint density at radius 1 is 1.22 bits per heavy atom. The van der Waals surface area contributed by atoms with Gasteiger partial charge in [0.1, 0.15) is 12.4 Å². The maximum Gasteiger partial charge on any atom is 0.236 e. The molecule has 1 N–H and O–H groups in total. The van der Waals surface area contributed by atoms with Gasteiger partial charge in [0.2, 0.25) is 5.91 Å². The van der Waals surface area contributed by atoms with Crippen LogP contribution < -0.4 is 14.8 Å². The van der Waals surface area contributed by atoms with Gasteiger partial charge in [-0.15, -0.1) is 5.10 Å². The van der Waals surface area contributed by atoms with Crippen molar-refractivity contribution in [3.8, 4) is 11.5 Å². The average molecular weight is 387 g/mol. The van der Waals surface area contributed by atoms with Crippen LogP contribution in [0.4, 0.5) is 4.39 Å². The predicted molar refractivity (Wildman–Crippen MR) is 104 cm³/mol. The number of hydrogen-bond acceptors (Lipinski definition) is 6. The Balaban J connectivity index is 1.69. The first-order valence-corrected chi connectivity index (χ1v) is 9.30. The number of nitrogens with zero attached hydrogens (tertiary/aromatic N) is 2. The fraction of sp³-hybridized carbons (Fsp3) is 0.211. The van der Waals surface area contributed by atoms with E-state index in [-0.39, 0.29) is 18.3 Å². The summed E-state index contributed by atoms with van der Waals surface area (Å²) in [4.78, 5) is 11.1. The van der Waals surface area contributed by atoms with Crippen LogP contribution >= 0.6 is 11.8 Å². The molecular formula is C19H18FN3O3S. The van der Waals surface area contributed by atoms with Gasteiger partial charge < -0.3 is 14.8 Å². The molecule has 0 aliphatic carbocycles. The number of amides is 1. The largest absolute Gasteiger partial charge is 0.490 e. The SMILES string of the molecule is CCOc1cc(C=NN=C2NC(=O)CS2)ccc1OCc1cccc(F)c1. The van der Waals surface area contributed by atoms with Gasteiger partial charge in [-0.2, -0.15) is 5.10 Å². The van der Waals surface area contributed by atoms with E-state index in [2.05, 4.69) is 15.5 Å². The molecule has 0 bridgehead atoms. The molecule has 2 aromatic rings. The number of thioether (sulfide) groups is 1.